The standard InChI is InChI=1S/C2H4F2O2/c3-2(4)1-6-5/h2,5H,1H2. The summed E-state index contributed by atoms with van der Waals surface area (Å²) in [7, 11) is 0. The van der Waals surface area contributed by atoms with Crippen molar-refractivity contribution in [2.24, 2.45) is 0 Å². The van der Waals surface area contributed by atoms with Gasteiger partial charge in [0.1, 0.15) is 6.61 Å². The van der Waals surface area contributed by atoms with Gasteiger partial charge in [-0.2, -0.15) is 0 Å². The highest BCUT2D eigenvalue weighted by Crippen LogP contribution is 1.88. The number of hydrogen-bond donors (Lipinski definition) is 1. The van der Waals surface area contributed by atoms with E-state index in [1.54, 1.807) is 0 Å². The molecule has 0 atom stereocenters. The summed E-state index contributed by atoms with van der Waals surface area (Å²) < 4.78 is 21.5. The van der Waals surface area contributed by atoms with E-state index in [1.165, 1.54) is 0 Å². The van der Waals surface area contributed by atoms with Crippen LogP contribution in [0.3, 0.4) is 0 Å². The average Bonchev–Trinajstić information content (AvgIpc) is 1.35. The lowest BCUT2D eigenvalue weighted by atomic mass is 10.8. The first-order valence-electron chi connectivity index (χ1n) is 1.32. The van der Waals surface area contributed by atoms with E-state index in [0.717, 1.165) is 0 Å². The summed E-state index contributed by atoms with van der Waals surface area (Å²) in [6.07, 6.45) is -2.57. The lowest BCUT2D eigenvalue weighted by molar-refractivity contribution is -0.260. The quantitative estimate of drug-likeness (QED) is 0.407. The van der Waals surface area contributed by atoms with Gasteiger partial charge in [0.15, 0.2) is 0 Å². The summed E-state index contributed by atoms with van der Waals surface area (Å²) in [4.78, 5) is 3.05. The van der Waals surface area contributed by atoms with Crippen LogP contribution < -0.4 is 0 Å². The van der Waals surface area contributed by atoms with Gasteiger partial charge in [0.05, 0.1) is 0 Å². The highest BCUT2D eigenvalue weighted by atomic mass is 19.3. The van der Waals surface area contributed by atoms with Crippen molar-refractivity contribution in [1.29, 1.82) is 0 Å². The molecule has 0 aliphatic carbocycles. The van der Waals surface area contributed by atoms with E-state index in [-0.39, 0.29) is 0 Å². The summed E-state index contributed by atoms with van der Waals surface area (Å²) in [6, 6.07) is 0. The first-order valence-corrected chi connectivity index (χ1v) is 1.32. The normalized spacial score (nSPS) is 10.0. The van der Waals surface area contributed by atoms with Gasteiger partial charge in [-0.15, -0.1) is 0 Å². The third kappa shape index (κ3) is 3.78. The highest BCUT2D eigenvalue weighted by molar-refractivity contribution is 4.25. The minimum absolute atomic E-state index is 0.903. The van der Waals surface area contributed by atoms with Crippen LogP contribution >= 0.6 is 0 Å². The molecule has 2 nitrogen and oxygen atoms in total. The predicted octanol–water partition coefficient (Wildman–Crippen LogP) is 0.741. The molecule has 0 aromatic carbocycles. The summed E-state index contributed by atoms with van der Waals surface area (Å²) in [5, 5.41) is 7.26. The monoisotopic (exact) mass is 98.0 g/mol. The molecule has 0 spiro atoms. The summed E-state index contributed by atoms with van der Waals surface area (Å²) in [5.74, 6) is 0. The van der Waals surface area contributed by atoms with E-state index < -0.39 is 13.0 Å². The van der Waals surface area contributed by atoms with Crippen molar-refractivity contribution in [2.45, 2.75) is 6.43 Å². The van der Waals surface area contributed by atoms with Crippen LogP contribution in [0.25, 0.3) is 0 Å². The molecule has 38 valence electrons. The lowest BCUT2D eigenvalue weighted by Gasteiger charge is -1.88. The zero-order valence-electron chi connectivity index (χ0n) is 2.90. The number of alkyl halides is 2. The maximum Gasteiger partial charge on any atom is 0.264 e. The van der Waals surface area contributed by atoms with Crippen molar-refractivity contribution >= 4 is 0 Å². The van der Waals surface area contributed by atoms with Crippen LogP contribution in [0.5, 0.6) is 0 Å². The van der Waals surface area contributed by atoms with Crippen molar-refractivity contribution in [3.63, 3.8) is 0 Å². The van der Waals surface area contributed by atoms with Gasteiger partial charge in [0, 0.05) is 0 Å². The molecule has 0 aliphatic rings. The van der Waals surface area contributed by atoms with Gasteiger partial charge in [-0.3, -0.25) is 5.26 Å². The molecule has 0 bridgehead atoms. The van der Waals surface area contributed by atoms with E-state index in [2.05, 4.69) is 4.89 Å². The van der Waals surface area contributed by atoms with Gasteiger partial charge < -0.3 is 0 Å². The van der Waals surface area contributed by atoms with Crippen molar-refractivity contribution in [2.75, 3.05) is 6.61 Å². The van der Waals surface area contributed by atoms with Gasteiger partial charge >= 0.3 is 0 Å². The lowest BCUT2D eigenvalue weighted by Crippen LogP contribution is -1.99. The molecule has 1 N–H and O–H groups in total. The molecular formula is C2H4F2O2. The molecule has 0 aliphatic heterocycles. The van der Waals surface area contributed by atoms with Crippen LogP contribution in [0, 0.1) is 0 Å². The number of halogens is 2. The molecule has 4 heteroatoms. The van der Waals surface area contributed by atoms with Crippen LogP contribution in [-0.4, -0.2) is 18.3 Å². The first-order chi connectivity index (χ1) is 2.77. The van der Waals surface area contributed by atoms with E-state index in [9.17, 15) is 8.78 Å². The van der Waals surface area contributed by atoms with Gasteiger partial charge in [-0.05, 0) is 0 Å². The second kappa shape index (κ2) is 2.99. The average molecular weight is 98.0 g/mol. The van der Waals surface area contributed by atoms with Gasteiger partial charge in [0.25, 0.3) is 6.43 Å². The molecule has 0 rings (SSSR count). The van der Waals surface area contributed by atoms with Crippen LogP contribution in [0.1, 0.15) is 0 Å². The summed E-state index contributed by atoms with van der Waals surface area (Å²) in [5.41, 5.74) is 0. The molecule has 0 heterocycles. The number of rotatable bonds is 2. The fourth-order valence-electron chi connectivity index (χ4n) is 0.0563. The zero-order valence-corrected chi connectivity index (χ0v) is 2.90. The van der Waals surface area contributed by atoms with E-state index in [1.807, 2.05) is 0 Å². The van der Waals surface area contributed by atoms with Gasteiger partial charge in [-0.25, -0.2) is 13.7 Å². The summed E-state index contributed by atoms with van der Waals surface area (Å²) in [6.45, 7) is -0.903. The topological polar surface area (TPSA) is 29.5 Å². The Balaban J connectivity index is 2.63. The van der Waals surface area contributed by atoms with Crippen molar-refractivity contribution < 1.29 is 18.9 Å². The minimum atomic E-state index is -2.57. The molecule has 0 saturated carbocycles. The Morgan fingerprint density at radius 2 is 2.17 bits per heavy atom. The Labute approximate surface area is 33.3 Å². The molecule has 0 amide bonds. The number of hydrogen-bond acceptors (Lipinski definition) is 2. The van der Waals surface area contributed by atoms with Crippen molar-refractivity contribution in [1.82, 2.24) is 0 Å². The smallest absolute Gasteiger partial charge is 0.252 e. The van der Waals surface area contributed by atoms with Crippen molar-refractivity contribution in [3.8, 4) is 0 Å². The molecule has 0 saturated heterocycles. The highest BCUT2D eigenvalue weighted by Gasteiger charge is 1.98. The fraction of sp³-hybridized carbons (Fsp3) is 1.00. The van der Waals surface area contributed by atoms with Gasteiger partial charge in [-0.1, -0.05) is 0 Å². The van der Waals surface area contributed by atoms with Gasteiger partial charge in [0.2, 0.25) is 0 Å². The molecule has 0 fully saturated rings. The van der Waals surface area contributed by atoms with Crippen LogP contribution in [0.2, 0.25) is 0 Å². The van der Waals surface area contributed by atoms with E-state index in [0.29, 0.717) is 0 Å². The van der Waals surface area contributed by atoms with E-state index >= 15 is 0 Å². The zero-order chi connectivity index (χ0) is 4.99. The predicted molar refractivity (Wildman–Crippen MR) is 14.6 cm³/mol. The molecule has 0 unspecified atom stereocenters. The maximum atomic E-state index is 10.8. The SMILES string of the molecule is OOCC(F)F. The Morgan fingerprint density at radius 3 is 2.17 bits per heavy atom. The van der Waals surface area contributed by atoms with Crippen LogP contribution in [0.15, 0.2) is 0 Å². The second-order valence-corrected chi connectivity index (χ2v) is 0.687. The molecule has 6 heavy (non-hydrogen) atoms. The fourth-order valence-corrected chi connectivity index (χ4v) is 0.0563. The maximum absolute atomic E-state index is 10.8. The van der Waals surface area contributed by atoms with Crippen LogP contribution in [0.4, 0.5) is 8.78 Å². The molecule has 0 aromatic heterocycles. The van der Waals surface area contributed by atoms with Crippen LogP contribution in [-0.2, 0) is 4.89 Å². The summed E-state index contributed by atoms with van der Waals surface area (Å²) >= 11 is 0. The molecular weight excluding hydrogens is 94.0 g/mol. The van der Waals surface area contributed by atoms with Crippen molar-refractivity contribution in [3.05, 3.63) is 0 Å². The molecule has 0 aromatic rings. The Kier molecular flexibility index (Phi) is 2.88. The minimum Gasteiger partial charge on any atom is -0.252 e. The Morgan fingerprint density at radius 1 is 1.67 bits per heavy atom. The largest absolute Gasteiger partial charge is 0.264 e. The Bertz CT molecular complexity index is 30.7. The third-order valence-corrected chi connectivity index (χ3v) is 0.201. The van der Waals surface area contributed by atoms with E-state index in [4.69, 9.17) is 5.26 Å². The molecule has 0 radical (unpaired) electrons. The first kappa shape index (κ1) is 5.78. The second-order valence-electron chi connectivity index (χ2n) is 0.687. The third-order valence-electron chi connectivity index (χ3n) is 0.201. The Hall–Kier alpha value is -0.220.